The van der Waals surface area contributed by atoms with Crippen molar-refractivity contribution in [1.29, 1.82) is 0 Å². The summed E-state index contributed by atoms with van der Waals surface area (Å²) in [5, 5.41) is 4.69. The molecule has 10 aromatic carbocycles. The molecule has 0 amide bonds. The lowest BCUT2D eigenvalue weighted by Crippen LogP contribution is -2.01. The lowest BCUT2D eigenvalue weighted by Gasteiger charge is -2.12. The van der Waals surface area contributed by atoms with Crippen molar-refractivity contribution in [2.24, 2.45) is 0 Å². The van der Waals surface area contributed by atoms with E-state index < -0.39 is 0 Å². The first-order valence-corrected chi connectivity index (χ1v) is 24.7. The van der Waals surface area contributed by atoms with Crippen LogP contribution in [0.1, 0.15) is 0 Å². The third-order valence-electron chi connectivity index (χ3n) is 13.8. The number of hydrogen-bond donors (Lipinski definition) is 0. The topological polar surface area (TPSA) is 87.2 Å². The van der Waals surface area contributed by atoms with Gasteiger partial charge in [0.25, 0.3) is 0 Å². The molecule has 0 saturated heterocycles. The first-order chi connectivity index (χ1) is 36.7. The van der Waals surface area contributed by atoms with Gasteiger partial charge in [-0.25, -0.2) is 29.9 Å². The molecule has 0 bridgehead atoms. The quantitative estimate of drug-likeness (QED) is 0.143. The molecule has 0 aliphatic rings. The van der Waals surface area contributed by atoms with E-state index in [2.05, 4.69) is 143 Å². The zero-order valence-electron chi connectivity index (χ0n) is 39.8. The van der Waals surface area contributed by atoms with Crippen molar-refractivity contribution >= 4 is 43.6 Å². The van der Waals surface area contributed by atoms with Crippen molar-refractivity contribution in [2.75, 3.05) is 0 Å². The van der Waals surface area contributed by atoms with E-state index in [1.165, 1.54) is 16.2 Å². The zero-order valence-corrected chi connectivity index (χ0v) is 39.8. The predicted molar refractivity (Wildman–Crippen MR) is 300 cm³/mol. The fourth-order valence-corrected chi connectivity index (χ4v) is 10.4. The normalized spacial score (nSPS) is 11.5. The summed E-state index contributed by atoms with van der Waals surface area (Å²) in [4.78, 5) is 30.2. The largest absolute Gasteiger partial charge is 0.309 e. The Morgan fingerprint density at radius 3 is 1.05 bits per heavy atom. The lowest BCUT2D eigenvalue weighted by atomic mass is 9.98. The second-order valence-corrected chi connectivity index (χ2v) is 18.3. The molecule has 14 rings (SSSR count). The maximum atomic E-state index is 5.07. The van der Waals surface area contributed by atoms with Gasteiger partial charge < -0.3 is 9.13 Å². The first-order valence-electron chi connectivity index (χ1n) is 24.7. The highest BCUT2D eigenvalue weighted by molar-refractivity contribution is 6.17. The van der Waals surface area contributed by atoms with Crippen LogP contribution in [0.15, 0.2) is 255 Å². The van der Waals surface area contributed by atoms with Crippen LogP contribution in [-0.2, 0) is 0 Å². The molecule has 0 radical (unpaired) electrons. The molecule has 0 aliphatic heterocycles. The second kappa shape index (κ2) is 17.9. The van der Waals surface area contributed by atoms with E-state index in [1.807, 2.05) is 121 Å². The monoisotopic (exact) mass is 946 g/mol. The van der Waals surface area contributed by atoms with Gasteiger partial charge in [-0.1, -0.05) is 200 Å². The maximum absolute atomic E-state index is 5.07. The fraction of sp³-hybridized carbons (Fsp3) is 0. The van der Waals surface area contributed by atoms with Crippen molar-refractivity contribution < 1.29 is 0 Å². The van der Waals surface area contributed by atoms with E-state index in [1.54, 1.807) is 0 Å². The molecule has 0 spiro atoms. The van der Waals surface area contributed by atoms with Crippen LogP contribution in [0.5, 0.6) is 0 Å². The van der Waals surface area contributed by atoms with Gasteiger partial charge in [-0.15, -0.1) is 0 Å². The average molecular weight is 947 g/mol. The molecule has 0 saturated carbocycles. The van der Waals surface area contributed by atoms with Gasteiger partial charge in [-0.3, -0.25) is 0 Å². The molecule has 0 unspecified atom stereocenters. The summed E-state index contributed by atoms with van der Waals surface area (Å²) >= 11 is 0. The molecular formula is C66H42N8. The van der Waals surface area contributed by atoms with E-state index in [0.29, 0.717) is 34.9 Å². The minimum absolute atomic E-state index is 0.611. The van der Waals surface area contributed by atoms with Crippen LogP contribution in [0.3, 0.4) is 0 Å². The number of fused-ring (bicyclic) bond motifs is 6. The van der Waals surface area contributed by atoms with Crippen LogP contribution in [0.25, 0.3) is 134 Å². The van der Waals surface area contributed by atoms with Gasteiger partial charge in [0.1, 0.15) is 0 Å². The minimum atomic E-state index is 0.611. The molecule has 0 aliphatic carbocycles. The van der Waals surface area contributed by atoms with Gasteiger partial charge in [0.15, 0.2) is 34.9 Å². The maximum Gasteiger partial charge on any atom is 0.164 e. The van der Waals surface area contributed by atoms with Gasteiger partial charge in [0.2, 0.25) is 0 Å². The predicted octanol–water partition coefficient (Wildman–Crippen LogP) is 15.9. The Balaban J connectivity index is 0.887. The molecule has 8 heteroatoms. The fourth-order valence-electron chi connectivity index (χ4n) is 10.4. The third kappa shape index (κ3) is 7.48. The Kier molecular flexibility index (Phi) is 10.3. The van der Waals surface area contributed by atoms with Gasteiger partial charge >= 0.3 is 0 Å². The molecule has 346 valence electrons. The van der Waals surface area contributed by atoms with Crippen molar-refractivity contribution in [3.8, 4) is 90.8 Å². The van der Waals surface area contributed by atoms with Crippen molar-refractivity contribution in [2.45, 2.75) is 0 Å². The van der Waals surface area contributed by atoms with Crippen LogP contribution in [0.2, 0.25) is 0 Å². The van der Waals surface area contributed by atoms with E-state index in [4.69, 9.17) is 29.9 Å². The number of para-hydroxylation sites is 2. The van der Waals surface area contributed by atoms with Crippen molar-refractivity contribution in [3.05, 3.63) is 255 Å². The molecule has 14 aromatic rings. The number of nitrogens with zero attached hydrogens (tertiary/aromatic N) is 8. The lowest BCUT2D eigenvalue weighted by molar-refractivity contribution is 1.07. The first kappa shape index (κ1) is 42.7. The second-order valence-electron chi connectivity index (χ2n) is 18.3. The summed E-state index contributed by atoms with van der Waals surface area (Å²) in [6.45, 7) is 0. The summed E-state index contributed by atoms with van der Waals surface area (Å²) in [6, 6.07) is 88.4. The van der Waals surface area contributed by atoms with Crippen molar-refractivity contribution in [1.82, 2.24) is 39.0 Å². The molecular weight excluding hydrogens is 905 g/mol. The summed E-state index contributed by atoms with van der Waals surface area (Å²) in [5.41, 5.74) is 14.3. The minimum Gasteiger partial charge on any atom is -0.309 e. The molecule has 4 heterocycles. The van der Waals surface area contributed by atoms with Gasteiger partial charge in [-0.2, -0.15) is 0 Å². The summed E-state index contributed by atoms with van der Waals surface area (Å²) in [7, 11) is 0. The molecule has 0 N–H and O–H groups in total. The Bertz CT molecular complexity index is 4300. The summed E-state index contributed by atoms with van der Waals surface area (Å²) < 4.78 is 4.72. The van der Waals surface area contributed by atoms with E-state index >= 15 is 0 Å². The van der Waals surface area contributed by atoms with Crippen LogP contribution in [0, 0.1) is 0 Å². The number of benzene rings is 10. The van der Waals surface area contributed by atoms with Crippen LogP contribution in [0.4, 0.5) is 0 Å². The molecule has 8 nitrogen and oxygen atoms in total. The summed E-state index contributed by atoms with van der Waals surface area (Å²) in [5.74, 6) is 3.74. The highest BCUT2D eigenvalue weighted by Crippen LogP contribution is 2.42. The number of aromatic nitrogens is 8. The third-order valence-corrected chi connectivity index (χ3v) is 13.8. The molecule has 0 atom stereocenters. The van der Waals surface area contributed by atoms with Crippen LogP contribution < -0.4 is 0 Å². The molecule has 74 heavy (non-hydrogen) atoms. The zero-order chi connectivity index (χ0) is 49.0. The van der Waals surface area contributed by atoms with E-state index in [9.17, 15) is 0 Å². The highest BCUT2D eigenvalue weighted by Gasteiger charge is 2.21. The van der Waals surface area contributed by atoms with Crippen LogP contribution >= 0.6 is 0 Å². The Morgan fingerprint density at radius 1 is 0.216 bits per heavy atom. The van der Waals surface area contributed by atoms with Gasteiger partial charge in [0, 0.05) is 66.3 Å². The van der Waals surface area contributed by atoms with Crippen molar-refractivity contribution in [3.63, 3.8) is 0 Å². The molecule has 4 aromatic heterocycles. The smallest absolute Gasteiger partial charge is 0.164 e. The molecule has 0 fully saturated rings. The van der Waals surface area contributed by atoms with Gasteiger partial charge in [-0.05, 0) is 65.7 Å². The highest BCUT2D eigenvalue weighted by atomic mass is 15.1. The van der Waals surface area contributed by atoms with Crippen LogP contribution in [-0.4, -0.2) is 39.0 Å². The Labute approximate surface area is 426 Å². The van der Waals surface area contributed by atoms with E-state index in [-0.39, 0.29) is 0 Å². The SMILES string of the molecule is c1ccc(-c2nc(-c3ccccc3)nc(-c3cccc(-n4c5ccccc5c5cc(-c6cccc7c6c6ccccc6n7-c6cccc(-c7nc(-c8ccccc8)nc(-c8ccccc8)n7)c6)ccc54)c3)n2)cc1. The standard InChI is InChI=1S/C66H42N8/c1-5-20-43(21-6-1)61-67-62(44-22-7-2-8-23-44)70-65(69-61)48-28-17-30-50(40-48)73-56-35-15-13-32-53(56)55-42-47(38-39-58(55)73)52-34-19-37-59-60(52)54-33-14-16-36-57(54)74(59)51-31-18-29-49(41-51)66-71-63(45-24-9-3-10-25-45)68-64(72-66)46-26-11-4-12-27-46/h1-42H. The average Bonchev–Trinajstić information content (AvgIpc) is 4.01. The Hall–Kier alpha value is -10.2. The Morgan fingerprint density at radius 2 is 0.568 bits per heavy atom. The number of rotatable bonds is 9. The van der Waals surface area contributed by atoms with E-state index in [0.717, 1.165) is 83.3 Å². The van der Waals surface area contributed by atoms with Gasteiger partial charge in [0.05, 0.1) is 22.1 Å². The summed E-state index contributed by atoms with van der Waals surface area (Å²) in [6.07, 6.45) is 0. The number of hydrogen-bond acceptors (Lipinski definition) is 6.